The second-order valence-electron chi connectivity index (χ2n) is 4.84. The van der Waals surface area contributed by atoms with Crippen molar-refractivity contribution in [2.24, 2.45) is 0 Å². The Morgan fingerprint density at radius 1 is 1.17 bits per heavy atom. The Hall–Kier alpha value is -1.93. The van der Waals surface area contributed by atoms with E-state index in [-0.39, 0.29) is 22.2 Å². The van der Waals surface area contributed by atoms with Gasteiger partial charge in [0, 0.05) is 21.8 Å². The molecule has 10 heteroatoms. The third-order valence-corrected chi connectivity index (χ3v) is 3.21. The van der Waals surface area contributed by atoms with E-state index in [0.29, 0.717) is 0 Å². The van der Waals surface area contributed by atoms with Crippen molar-refractivity contribution < 1.29 is 27.9 Å². The molecule has 0 aliphatic heterocycles. The standard InChI is InChI=1S/C14H14Cl2F2N2O4/c1-7(3-11(21)24-2)19-12(22)14(17,18)13(23)20-10-5-8(15)4-9(16)6-10/h4-7H,3H2,1-2H3,(H,19,22)(H,20,23)/t7-/m0/s1. The molecule has 0 saturated carbocycles. The Kier molecular flexibility index (Phi) is 6.92. The van der Waals surface area contributed by atoms with Crippen LogP contribution in [0.4, 0.5) is 14.5 Å². The first kappa shape index (κ1) is 20.1. The molecule has 1 atom stereocenters. The molecular formula is C14H14Cl2F2N2O4. The van der Waals surface area contributed by atoms with E-state index < -0.39 is 29.7 Å². The van der Waals surface area contributed by atoms with Gasteiger partial charge >= 0.3 is 23.7 Å². The number of esters is 1. The van der Waals surface area contributed by atoms with Crippen LogP contribution in [0.15, 0.2) is 18.2 Å². The van der Waals surface area contributed by atoms with Gasteiger partial charge in [0.1, 0.15) is 0 Å². The van der Waals surface area contributed by atoms with E-state index in [0.717, 1.165) is 7.11 Å². The predicted molar refractivity (Wildman–Crippen MR) is 84.3 cm³/mol. The topological polar surface area (TPSA) is 84.5 Å². The molecule has 0 spiro atoms. The third-order valence-electron chi connectivity index (χ3n) is 2.77. The van der Waals surface area contributed by atoms with Crippen molar-refractivity contribution in [2.45, 2.75) is 25.3 Å². The van der Waals surface area contributed by atoms with Gasteiger partial charge in [-0.3, -0.25) is 14.4 Å². The van der Waals surface area contributed by atoms with Crippen LogP contribution in [0.1, 0.15) is 13.3 Å². The van der Waals surface area contributed by atoms with Crippen molar-refractivity contribution in [2.75, 3.05) is 12.4 Å². The summed E-state index contributed by atoms with van der Waals surface area (Å²) >= 11 is 11.4. The van der Waals surface area contributed by atoms with E-state index in [1.807, 2.05) is 10.6 Å². The molecule has 0 bridgehead atoms. The number of anilines is 1. The van der Waals surface area contributed by atoms with Crippen LogP contribution in [-0.4, -0.2) is 36.9 Å². The van der Waals surface area contributed by atoms with Crippen molar-refractivity contribution in [3.05, 3.63) is 28.2 Å². The van der Waals surface area contributed by atoms with Crippen LogP contribution in [0, 0.1) is 0 Å². The summed E-state index contributed by atoms with van der Waals surface area (Å²) in [4.78, 5) is 34.3. The maximum Gasteiger partial charge on any atom is 0.400 e. The summed E-state index contributed by atoms with van der Waals surface area (Å²) in [7, 11) is 1.12. The van der Waals surface area contributed by atoms with Gasteiger partial charge in [0.05, 0.1) is 13.5 Å². The number of benzene rings is 1. The SMILES string of the molecule is COC(=O)C[C@H](C)NC(=O)C(F)(F)C(=O)Nc1cc(Cl)cc(Cl)c1. The molecule has 0 saturated heterocycles. The highest BCUT2D eigenvalue weighted by atomic mass is 35.5. The molecule has 1 aromatic carbocycles. The van der Waals surface area contributed by atoms with E-state index in [2.05, 4.69) is 4.74 Å². The second kappa shape index (κ2) is 8.25. The summed E-state index contributed by atoms with van der Waals surface area (Å²) < 4.78 is 32.1. The molecule has 0 aliphatic rings. The molecule has 0 aliphatic carbocycles. The maximum absolute atomic E-state index is 13.9. The first-order valence-electron chi connectivity index (χ1n) is 6.59. The third kappa shape index (κ3) is 5.61. The molecule has 0 fully saturated rings. The van der Waals surface area contributed by atoms with E-state index in [4.69, 9.17) is 23.2 Å². The minimum absolute atomic E-state index is 0.0902. The lowest BCUT2D eigenvalue weighted by Gasteiger charge is -2.19. The molecule has 6 nitrogen and oxygen atoms in total. The maximum atomic E-state index is 13.9. The number of halogens is 4. The van der Waals surface area contributed by atoms with Crippen molar-refractivity contribution in [1.82, 2.24) is 5.32 Å². The van der Waals surface area contributed by atoms with Gasteiger partial charge in [-0.25, -0.2) is 0 Å². The van der Waals surface area contributed by atoms with E-state index >= 15 is 0 Å². The first-order chi connectivity index (χ1) is 11.1. The van der Waals surface area contributed by atoms with Gasteiger partial charge in [0.15, 0.2) is 0 Å². The van der Waals surface area contributed by atoms with Crippen LogP contribution >= 0.6 is 23.2 Å². The lowest BCUT2D eigenvalue weighted by molar-refractivity contribution is -0.156. The summed E-state index contributed by atoms with van der Waals surface area (Å²) in [5.74, 6) is -8.75. The Labute approximate surface area is 146 Å². The number of nitrogens with one attached hydrogen (secondary N) is 2. The van der Waals surface area contributed by atoms with Crippen LogP contribution in [-0.2, 0) is 19.1 Å². The van der Waals surface area contributed by atoms with Crippen LogP contribution in [0.3, 0.4) is 0 Å². The highest BCUT2D eigenvalue weighted by Gasteiger charge is 2.47. The van der Waals surface area contributed by atoms with Gasteiger partial charge in [-0.2, -0.15) is 8.78 Å². The van der Waals surface area contributed by atoms with Gasteiger partial charge in [-0.15, -0.1) is 0 Å². The summed E-state index contributed by atoms with van der Waals surface area (Å²) in [5, 5.41) is 3.98. The van der Waals surface area contributed by atoms with Gasteiger partial charge in [-0.1, -0.05) is 23.2 Å². The van der Waals surface area contributed by atoms with E-state index in [1.54, 1.807) is 0 Å². The number of hydrogen-bond acceptors (Lipinski definition) is 4. The van der Waals surface area contributed by atoms with Gasteiger partial charge in [0.25, 0.3) is 0 Å². The zero-order chi connectivity index (χ0) is 18.5. The monoisotopic (exact) mass is 382 g/mol. The summed E-state index contributed by atoms with van der Waals surface area (Å²) in [5.41, 5.74) is -0.0902. The zero-order valence-electron chi connectivity index (χ0n) is 12.7. The average molecular weight is 383 g/mol. The summed E-state index contributed by atoms with van der Waals surface area (Å²) in [6, 6.07) is 2.79. The van der Waals surface area contributed by atoms with Crippen LogP contribution in [0.2, 0.25) is 10.0 Å². The Morgan fingerprint density at radius 2 is 1.71 bits per heavy atom. The molecule has 0 radical (unpaired) electrons. The molecule has 0 aromatic heterocycles. The highest BCUT2D eigenvalue weighted by molar-refractivity contribution is 6.35. The van der Waals surface area contributed by atoms with Crippen molar-refractivity contribution in [1.29, 1.82) is 0 Å². The predicted octanol–water partition coefficient (Wildman–Crippen LogP) is 2.63. The number of rotatable bonds is 6. The largest absolute Gasteiger partial charge is 0.469 e. The molecule has 0 unspecified atom stereocenters. The number of alkyl halides is 2. The summed E-state index contributed by atoms with van der Waals surface area (Å²) in [6.07, 6.45) is -0.316. The molecule has 132 valence electrons. The van der Waals surface area contributed by atoms with Gasteiger partial charge in [0.2, 0.25) is 0 Å². The average Bonchev–Trinajstić information content (AvgIpc) is 2.45. The number of amides is 2. The minimum atomic E-state index is -4.36. The normalized spacial score (nSPS) is 12.2. The Morgan fingerprint density at radius 3 is 2.21 bits per heavy atom. The fraction of sp³-hybridized carbons (Fsp3) is 0.357. The van der Waals surface area contributed by atoms with Crippen molar-refractivity contribution >= 4 is 46.7 Å². The highest BCUT2D eigenvalue weighted by Crippen LogP contribution is 2.24. The second-order valence-corrected chi connectivity index (χ2v) is 5.71. The van der Waals surface area contributed by atoms with Gasteiger partial charge in [-0.05, 0) is 25.1 Å². The van der Waals surface area contributed by atoms with Gasteiger partial charge < -0.3 is 15.4 Å². The molecular weight excluding hydrogens is 369 g/mol. The molecule has 1 aromatic rings. The van der Waals surface area contributed by atoms with E-state index in [1.165, 1.54) is 25.1 Å². The Bertz CT molecular complexity index is 635. The number of ether oxygens (including phenoxy) is 1. The first-order valence-corrected chi connectivity index (χ1v) is 7.35. The lowest BCUT2D eigenvalue weighted by atomic mass is 10.2. The number of methoxy groups -OCH3 is 1. The van der Waals surface area contributed by atoms with Crippen molar-refractivity contribution in [3.8, 4) is 0 Å². The molecule has 2 amide bonds. The van der Waals surface area contributed by atoms with Crippen LogP contribution < -0.4 is 10.6 Å². The van der Waals surface area contributed by atoms with Crippen LogP contribution in [0.5, 0.6) is 0 Å². The minimum Gasteiger partial charge on any atom is -0.469 e. The molecule has 0 heterocycles. The molecule has 24 heavy (non-hydrogen) atoms. The quantitative estimate of drug-likeness (QED) is 0.584. The lowest BCUT2D eigenvalue weighted by Crippen LogP contribution is -2.51. The molecule has 1 rings (SSSR count). The van der Waals surface area contributed by atoms with Crippen LogP contribution in [0.25, 0.3) is 0 Å². The fourth-order valence-corrected chi connectivity index (χ4v) is 2.16. The smallest absolute Gasteiger partial charge is 0.400 e. The van der Waals surface area contributed by atoms with Crippen molar-refractivity contribution in [3.63, 3.8) is 0 Å². The Balaban J connectivity index is 2.76. The summed E-state index contributed by atoms with van der Waals surface area (Å²) in [6.45, 7) is 1.32. The molecule has 2 N–H and O–H groups in total. The zero-order valence-corrected chi connectivity index (χ0v) is 14.2. The number of carbonyl (C=O) groups is 3. The van der Waals surface area contributed by atoms with E-state index in [9.17, 15) is 23.2 Å². The number of carbonyl (C=O) groups excluding carboxylic acids is 3. The number of hydrogen-bond donors (Lipinski definition) is 2. The fourth-order valence-electron chi connectivity index (χ4n) is 1.64.